The number of rotatable bonds is 7. The molecule has 4 rings (SSSR count). The molecule has 1 amide bonds. The number of aromatic nitrogens is 4. The Morgan fingerprint density at radius 2 is 2.03 bits per heavy atom. The summed E-state index contributed by atoms with van der Waals surface area (Å²) >= 11 is 2.82. The minimum atomic E-state index is -3.10. The number of amides is 1. The number of carbonyl (C=O) groups excluding carboxylic acids is 1. The molecule has 3 heterocycles. The van der Waals surface area contributed by atoms with Gasteiger partial charge in [0, 0.05) is 10.9 Å². The fourth-order valence-electron chi connectivity index (χ4n) is 3.77. The van der Waals surface area contributed by atoms with E-state index in [1.54, 1.807) is 20.9 Å². The smallest absolute Gasteiger partial charge is 0.233 e. The number of aryl methyl sites for hydroxylation is 2. The summed E-state index contributed by atoms with van der Waals surface area (Å²) in [6, 6.07) is 9.56. The van der Waals surface area contributed by atoms with Gasteiger partial charge in [-0.05, 0) is 53.3 Å². The number of benzene rings is 1. The number of nitrogens with zero attached hydrogens (tertiary/aromatic N) is 5. The maximum atomic E-state index is 13.2. The van der Waals surface area contributed by atoms with E-state index in [9.17, 15) is 13.2 Å². The van der Waals surface area contributed by atoms with Gasteiger partial charge in [-0.1, -0.05) is 36.0 Å². The van der Waals surface area contributed by atoms with Gasteiger partial charge in [-0.2, -0.15) is 4.68 Å². The van der Waals surface area contributed by atoms with Crippen LogP contribution in [0.15, 0.2) is 40.9 Å². The summed E-state index contributed by atoms with van der Waals surface area (Å²) in [6.45, 7) is 4.40. The Kier molecular flexibility index (Phi) is 6.44. The molecule has 0 aliphatic carbocycles. The second kappa shape index (κ2) is 9.09. The Morgan fingerprint density at radius 1 is 1.26 bits per heavy atom. The van der Waals surface area contributed by atoms with Gasteiger partial charge < -0.3 is 4.90 Å². The van der Waals surface area contributed by atoms with Crippen LogP contribution in [-0.2, 0) is 21.2 Å². The van der Waals surface area contributed by atoms with Gasteiger partial charge in [0.2, 0.25) is 11.1 Å². The Labute approximate surface area is 189 Å². The van der Waals surface area contributed by atoms with E-state index < -0.39 is 9.84 Å². The van der Waals surface area contributed by atoms with Gasteiger partial charge in [-0.25, -0.2) is 8.42 Å². The molecule has 3 aromatic rings. The topological polar surface area (TPSA) is 98.1 Å². The molecular formula is C20H23N5O3S3. The van der Waals surface area contributed by atoms with Crippen LogP contribution in [0.5, 0.6) is 0 Å². The number of carbonyl (C=O) groups is 1. The molecule has 2 aromatic heterocycles. The third-order valence-electron chi connectivity index (χ3n) is 5.29. The van der Waals surface area contributed by atoms with Crippen LogP contribution in [-0.4, -0.2) is 62.7 Å². The third-order valence-corrected chi connectivity index (χ3v) is 8.81. The zero-order valence-corrected chi connectivity index (χ0v) is 19.7. The minimum absolute atomic E-state index is 0.0227. The van der Waals surface area contributed by atoms with E-state index in [1.165, 1.54) is 11.8 Å². The zero-order chi connectivity index (χ0) is 22.0. The van der Waals surface area contributed by atoms with Gasteiger partial charge in [-0.15, -0.1) is 16.4 Å². The van der Waals surface area contributed by atoms with Crippen molar-refractivity contribution < 1.29 is 13.2 Å². The van der Waals surface area contributed by atoms with Crippen LogP contribution in [0.3, 0.4) is 0 Å². The van der Waals surface area contributed by atoms with Crippen LogP contribution in [0.4, 0.5) is 0 Å². The standard InChI is InChI=1S/C20H23N5O3S3/c1-14-5-3-6-15(2)19(14)25-20(21-22-23-25)30-12-18(26)24(11-17-7-4-9-29-17)16-8-10-31(27,28)13-16/h3-7,9,16H,8,10-13H2,1-2H3. The maximum absolute atomic E-state index is 13.2. The molecule has 1 atom stereocenters. The molecule has 164 valence electrons. The summed E-state index contributed by atoms with van der Waals surface area (Å²) < 4.78 is 25.7. The quantitative estimate of drug-likeness (QED) is 0.483. The molecule has 0 bridgehead atoms. The van der Waals surface area contributed by atoms with Crippen molar-refractivity contribution in [3.63, 3.8) is 0 Å². The number of hydrogen-bond acceptors (Lipinski definition) is 8. The van der Waals surface area contributed by atoms with Crippen LogP contribution in [0.1, 0.15) is 22.4 Å². The van der Waals surface area contributed by atoms with E-state index in [1.807, 2.05) is 49.6 Å². The number of thiophene rings is 1. The second-order valence-electron chi connectivity index (χ2n) is 7.56. The van der Waals surface area contributed by atoms with Crippen LogP contribution in [0.25, 0.3) is 5.69 Å². The van der Waals surface area contributed by atoms with Gasteiger partial charge in [0.1, 0.15) is 0 Å². The molecule has 11 heteroatoms. The SMILES string of the molecule is Cc1cccc(C)c1-n1nnnc1SCC(=O)N(Cc1cccs1)C1CCS(=O)(=O)C1. The molecule has 1 fully saturated rings. The van der Waals surface area contributed by atoms with Crippen LogP contribution in [0.2, 0.25) is 0 Å². The van der Waals surface area contributed by atoms with E-state index in [0.717, 1.165) is 21.7 Å². The van der Waals surface area contributed by atoms with E-state index >= 15 is 0 Å². The summed E-state index contributed by atoms with van der Waals surface area (Å²) in [7, 11) is -3.10. The first-order valence-electron chi connectivity index (χ1n) is 9.84. The van der Waals surface area contributed by atoms with Crippen LogP contribution < -0.4 is 0 Å². The molecule has 0 saturated carbocycles. The van der Waals surface area contributed by atoms with Gasteiger partial charge >= 0.3 is 0 Å². The van der Waals surface area contributed by atoms with Gasteiger partial charge in [0.05, 0.1) is 29.5 Å². The van der Waals surface area contributed by atoms with Crippen molar-refractivity contribution in [2.75, 3.05) is 17.3 Å². The molecule has 1 saturated heterocycles. The minimum Gasteiger partial charge on any atom is -0.333 e. The van der Waals surface area contributed by atoms with Crippen molar-refractivity contribution in [1.29, 1.82) is 0 Å². The van der Waals surface area contributed by atoms with Crippen molar-refractivity contribution in [2.24, 2.45) is 0 Å². The fourth-order valence-corrected chi connectivity index (χ4v) is 6.97. The van der Waals surface area contributed by atoms with E-state index in [0.29, 0.717) is 18.1 Å². The molecular weight excluding hydrogens is 454 g/mol. The normalized spacial score (nSPS) is 17.7. The number of sulfone groups is 1. The molecule has 1 unspecified atom stereocenters. The van der Waals surface area contributed by atoms with E-state index in [-0.39, 0.29) is 29.2 Å². The summed E-state index contributed by atoms with van der Waals surface area (Å²) in [5.74, 6) is 0.169. The highest BCUT2D eigenvalue weighted by Gasteiger charge is 2.35. The third kappa shape index (κ3) is 4.99. The van der Waals surface area contributed by atoms with Crippen molar-refractivity contribution in [2.45, 2.75) is 38.0 Å². The van der Waals surface area contributed by atoms with Crippen LogP contribution in [0, 0.1) is 13.8 Å². The summed E-state index contributed by atoms with van der Waals surface area (Å²) in [4.78, 5) is 15.9. The Hall–Kier alpha value is -2.24. The van der Waals surface area contributed by atoms with E-state index in [2.05, 4.69) is 15.5 Å². The molecule has 1 aromatic carbocycles. The van der Waals surface area contributed by atoms with E-state index in [4.69, 9.17) is 0 Å². The highest BCUT2D eigenvalue weighted by Crippen LogP contribution is 2.26. The predicted molar refractivity (Wildman–Crippen MR) is 121 cm³/mol. The Morgan fingerprint density at radius 3 is 2.68 bits per heavy atom. The molecule has 1 aliphatic heterocycles. The maximum Gasteiger partial charge on any atom is 0.233 e. The molecule has 0 spiro atoms. The van der Waals surface area contributed by atoms with Gasteiger partial charge in [0.25, 0.3) is 0 Å². The first-order valence-corrected chi connectivity index (χ1v) is 13.5. The highest BCUT2D eigenvalue weighted by atomic mass is 32.2. The molecule has 0 N–H and O–H groups in total. The first kappa shape index (κ1) is 22.0. The monoisotopic (exact) mass is 477 g/mol. The summed E-state index contributed by atoms with van der Waals surface area (Å²) in [5.41, 5.74) is 2.98. The van der Waals surface area contributed by atoms with Crippen molar-refractivity contribution in [1.82, 2.24) is 25.1 Å². The number of tetrazole rings is 1. The van der Waals surface area contributed by atoms with Crippen molar-refractivity contribution >= 4 is 38.8 Å². The second-order valence-corrected chi connectivity index (χ2v) is 11.8. The average molecular weight is 478 g/mol. The molecule has 0 radical (unpaired) electrons. The van der Waals surface area contributed by atoms with Gasteiger partial charge in [0.15, 0.2) is 9.84 Å². The fraction of sp³-hybridized carbons (Fsp3) is 0.400. The Bertz CT molecular complexity index is 1150. The lowest BCUT2D eigenvalue weighted by Crippen LogP contribution is -2.41. The number of para-hydroxylation sites is 1. The summed E-state index contributed by atoms with van der Waals surface area (Å²) in [5, 5.41) is 14.5. The zero-order valence-electron chi connectivity index (χ0n) is 17.3. The molecule has 8 nitrogen and oxygen atoms in total. The highest BCUT2D eigenvalue weighted by molar-refractivity contribution is 7.99. The lowest BCUT2D eigenvalue weighted by atomic mass is 10.1. The molecule has 31 heavy (non-hydrogen) atoms. The summed E-state index contributed by atoms with van der Waals surface area (Å²) in [6.07, 6.45) is 0.476. The van der Waals surface area contributed by atoms with Crippen molar-refractivity contribution in [3.8, 4) is 5.69 Å². The Balaban J connectivity index is 1.52. The number of hydrogen-bond donors (Lipinski definition) is 0. The van der Waals surface area contributed by atoms with Crippen molar-refractivity contribution in [3.05, 3.63) is 51.7 Å². The largest absolute Gasteiger partial charge is 0.333 e. The first-order chi connectivity index (χ1) is 14.8. The number of thioether (sulfide) groups is 1. The van der Waals surface area contributed by atoms with Gasteiger partial charge in [-0.3, -0.25) is 4.79 Å². The van der Waals surface area contributed by atoms with Crippen LogP contribution >= 0.6 is 23.1 Å². The predicted octanol–water partition coefficient (Wildman–Crippen LogP) is 2.65. The lowest BCUT2D eigenvalue weighted by Gasteiger charge is -2.27. The molecule has 1 aliphatic rings. The average Bonchev–Trinajstić information content (AvgIpc) is 3.46. The lowest BCUT2D eigenvalue weighted by molar-refractivity contribution is -0.130.